The van der Waals surface area contributed by atoms with Crippen LogP contribution in [0, 0.1) is 11.3 Å². The van der Waals surface area contributed by atoms with E-state index in [2.05, 4.69) is 6.07 Å². The predicted molar refractivity (Wildman–Crippen MR) is 84.5 cm³/mol. The molecule has 0 bridgehead atoms. The number of likely N-dealkylation sites (N-methyl/N-ethyl adjacent to an activating group) is 1. The summed E-state index contributed by atoms with van der Waals surface area (Å²) >= 11 is 0. The van der Waals surface area contributed by atoms with Crippen LogP contribution in [0.25, 0.3) is 6.08 Å². The zero-order valence-corrected chi connectivity index (χ0v) is 11.7. The lowest BCUT2D eigenvalue weighted by molar-refractivity contribution is -0.113. The van der Waals surface area contributed by atoms with Crippen LogP contribution in [0.4, 0.5) is 11.4 Å². The molecule has 4 heteroatoms. The van der Waals surface area contributed by atoms with E-state index in [0.29, 0.717) is 16.9 Å². The Hall–Kier alpha value is -3.06. The zero-order valence-electron chi connectivity index (χ0n) is 11.7. The average molecular weight is 277 g/mol. The molecule has 0 heterocycles. The fourth-order valence-corrected chi connectivity index (χ4v) is 1.85. The number of carbonyl (C=O) groups excluding carboxylic acids is 1. The summed E-state index contributed by atoms with van der Waals surface area (Å²) in [4.78, 5) is 13.6. The Bertz CT molecular complexity index is 729. The van der Waals surface area contributed by atoms with Gasteiger partial charge < -0.3 is 10.6 Å². The Balaban J connectivity index is 2.14. The Labute approximate surface area is 123 Å². The van der Waals surface area contributed by atoms with Crippen molar-refractivity contribution in [1.82, 2.24) is 0 Å². The van der Waals surface area contributed by atoms with E-state index in [4.69, 9.17) is 11.0 Å². The molecule has 2 N–H and O–H groups in total. The van der Waals surface area contributed by atoms with Crippen LogP contribution in [0.15, 0.2) is 54.6 Å². The standard InChI is InChI=1S/C17H15N3O/c1-20(16-7-3-5-14(11-16)12-18)17(21)9-8-13-4-2-6-15(19)10-13/h2-11H,19H2,1H3/b9-8+. The molecular formula is C17H15N3O. The van der Waals surface area contributed by atoms with Gasteiger partial charge in [0.15, 0.2) is 0 Å². The number of nitriles is 1. The van der Waals surface area contributed by atoms with Gasteiger partial charge in [-0.2, -0.15) is 5.26 Å². The monoisotopic (exact) mass is 277 g/mol. The number of benzene rings is 2. The minimum absolute atomic E-state index is 0.174. The molecule has 0 radical (unpaired) electrons. The van der Waals surface area contributed by atoms with Crippen molar-refractivity contribution in [2.45, 2.75) is 0 Å². The highest BCUT2D eigenvalue weighted by molar-refractivity contribution is 6.03. The van der Waals surface area contributed by atoms with Crippen LogP contribution in [0.1, 0.15) is 11.1 Å². The molecule has 0 spiro atoms. The molecule has 21 heavy (non-hydrogen) atoms. The summed E-state index contributed by atoms with van der Waals surface area (Å²) in [7, 11) is 1.67. The average Bonchev–Trinajstić information content (AvgIpc) is 2.52. The first kappa shape index (κ1) is 14.4. The summed E-state index contributed by atoms with van der Waals surface area (Å²) < 4.78 is 0. The molecule has 0 atom stereocenters. The summed E-state index contributed by atoms with van der Waals surface area (Å²) in [5.41, 5.74) is 8.40. The first-order valence-corrected chi connectivity index (χ1v) is 6.41. The number of amides is 1. The zero-order chi connectivity index (χ0) is 15.2. The van der Waals surface area contributed by atoms with Gasteiger partial charge in [0, 0.05) is 24.5 Å². The summed E-state index contributed by atoms with van der Waals surface area (Å²) in [6.45, 7) is 0. The van der Waals surface area contributed by atoms with Gasteiger partial charge in [-0.1, -0.05) is 18.2 Å². The first-order chi connectivity index (χ1) is 10.1. The number of nitrogen functional groups attached to an aromatic ring is 1. The van der Waals surface area contributed by atoms with Crippen molar-refractivity contribution in [3.63, 3.8) is 0 Å². The molecular weight excluding hydrogens is 262 g/mol. The van der Waals surface area contributed by atoms with Crippen molar-refractivity contribution in [2.75, 3.05) is 17.7 Å². The van der Waals surface area contributed by atoms with E-state index in [-0.39, 0.29) is 5.91 Å². The second-order valence-electron chi connectivity index (χ2n) is 4.56. The normalized spacial score (nSPS) is 10.3. The summed E-state index contributed by atoms with van der Waals surface area (Å²) in [6, 6.07) is 16.2. The van der Waals surface area contributed by atoms with Crippen LogP contribution < -0.4 is 10.6 Å². The topological polar surface area (TPSA) is 70.1 Å². The van der Waals surface area contributed by atoms with E-state index < -0.39 is 0 Å². The summed E-state index contributed by atoms with van der Waals surface area (Å²) in [6.07, 6.45) is 3.19. The molecule has 0 saturated heterocycles. The highest BCUT2D eigenvalue weighted by Crippen LogP contribution is 2.15. The molecule has 0 aliphatic carbocycles. The second-order valence-corrected chi connectivity index (χ2v) is 4.56. The van der Waals surface area contributed by atoms with E-state index in [1.54, 1.807) is 49.5 Å². The number of hydrogen-bond acceptors (Lipinski definition) is 3. The van der Waals surface area contributed by atoms with E-state index >= 15 is 0 Å². The van der Waals surface area contributed by atoms with E-state index in [0.717, 1.165) is 5.56 Å². The minimum Gasteiger partial charge on any atom is -0.399 e. The molecule has 0 fully saturated rings. The van der Waals surface area contributed by atoms with E-state index in [1.165, 1.54) is 11.0 Å². The van der Waals surface area contributed by atoms with Crippen molar-refractivity contribution in [3.05, 3.63) is 65.7 Å². The maximum atomic E-state index is 12.1. The molecule has 2 aromatic carbocycles. The molecule has 0 unspecified atom stereocenters. The van der Waals surface area contributed by atoms with Gasteiger partial charge in [-0.05, 0) is 42.0 Å². The van der Waals surface area contributed by atoms with Crippen LogP contribution in [-0.4, -0.2) is 13.0 Å². The lowest BCUT2D eigenvalue weighted by Crippen LogP contribution is -2.23. The van der Waals surface area contributed by atoms with Gasteiger partial charge in [0.25, 0.3) is 5.91 Å². The third-order valence-electron chi connectivity index (χ3n) is 3.02. The van der Waals surface area contributed by atoms with Crippen LogP contribution in [0.2, 0.25) is 0 Å². The van der Waals surface area contributed by atoms with Gasteiger partial charge in [-0.15, -0.1) is 0 Å². The van der Waals surface area contributed by atoms with Crippen molar-refractivity contribution in [1.29, 1.82) is 5.26 Å². The van der Waals surface area contributed by atoms with Gasteiger partial charge in [-0.3, -0.25) is 4.79 Å². The maximum absolute atomic E-state index is 12.1. The van der Waals surface area contributed by atoms with Crippen molar-refractivity contribution in [2.24, 2.45) is 0 Å². The summed E-state index contributed by atoms with van der Waals surface area (Å²) in [5.74, 6) is -0.174. The number of anilines is 2. The van der Waals surface area contributed by atoms with Crippen LogP contribution >= 0.6 is 0 Å². The molecule has 1 amide bonds. The SMILES string of the molecule is CN(C(=O)/C=C/c1cccc(N)c1)c1cccc(C#N)c1. The quantitative estimate of drug-likeness (QED) is 0.692. The van der Waals surface area contributed by atoms with Gasteiger partial charge in [-0.25, -0.2) is 0 Å². The maximum Gasteiger partial charge on any atom is 0.250 e. The van der Waals surface area contributed by atoms with Crippen molar-refractivity contribution >= 4 is 23.4 Å². The predicted octanol–water partition coefficient (Wildman–Crippen LogP) is 2.82. The third-order valence-corrected chi connectivity index (χ3v) is 3.02. The van der Waals surface area contributed by atoms with E-state index in [9.17, 15) is 4.79 Å². The fourth-order valence-electron chi connectivity index (χ4n) is 1.85. The number of nitrogens with zero attached hydrogens (tertiary/aromatic N) is 2. The van der Waals surface area contributed by atoms with E-state index in [1.807, 2.05) is 12.1 Å². The third kappa shape index (κ3) is 3.71. The first-order valence-electron chi connectivity index (χ1n) is 6.41. The Morgan fingerprint density at radius 3 is 2.71 bits per heavy atom. The fraction of sp³-hybridized carbons (Fsp3) is 0.0588. The number of nitrogens with two attached hydrogens (primary N) is 1. The highest BCUT2D eigenvalue weighted by Gasteiger charge is 2.08. The Morgan fingerprint density at radius 1 is 1.24 bits per heavy atom. The molecule has 4 nitrogen and oxygen atoms in total. The molecule has 104 valence electrons. The summed E-state index contributed by atoms with van der Waals surface area (Å²) in [5, 5.41) is 8.88. The second kappa shape index (κ2) is 6.40. The van der Waals surface area contributed by atoms with Crippen LogP contribution in [0.5, 0.6) is 0 Å². The largest absolute Gasteiger partial charge is 0.399 e. The van der Waals surface area contributed by atoms with Gasteiger partial charge in [0.05, 0.1) is 11.6 Å². The Kier molecular flexibility index (Phi) is 4.37. The molecule has 0 aliphatic heterocycles. The highest BCUT2D eigenvalue weighted by atomic mass is 16.2. The van der Waals surface area contributed by atoms with Crippen LogP contribution in [-0.2, 0) is 4.79 Å². The Morgan fingerprint density at radius 2 is 2.00 bits per heavy atom. The van der Waals surface area contributed by atoms with Gasteiger partial charge in [0.1, 0.15) is 0 Å². The molecule has 0 aliphatic rings. The molecule has 0 saturated carbocycles. The number of carbonyl (C=O) groups is 1. The molecule has 2 aromatic rings. The lowest BCUT2D eigenvalue weighted by Gasteiger charge is -2.15. The lowest BCUT2D eigenvalue weighted by atomic mass is 10.2. The smallest absolute Gasteiger partial charge is 0.250 e. The van der Waals surface area contributed by atoms with Crippen molar-refractivity contribution < 1.29 is 4.79 Å². The molecule has 0 aromatic heterocycles. The van der Waals surface area contributed by atoms with Gasteiger partial charge >= 0.3 is 0 Å². The van der Waals surface area contributed by atoms with Crippen molar-refractivity contribution in [3.8, 4) is 6.07 Å². The number of hydrogen-bond donors (Lipinski definition) is 1. The molecule has 2 rings (SSSR count). The minimum atomic E-state index is -0.174. The number of rotatable bonds is 3. The van der Waals surface area contributed by atoms with Crippen LogP contribution in [0.3, 0.4) is 0 Å². The van der Waals surface area contributed by atoms with Gasteiger partial charge in [0.2, 0.25) is 0 Å².